The number of carbonyl (C=O) groups is 3. The van der Waals surface area contributed by atoms with E-state index in [2.05, 4.69) is 0 Å². The fourth-order valence-electron chi connectivity index (χ4n) is 1.63. The van der Waals surface area contributed by atoms with Gasteiger partial charge in [0, 0.05) is 11.1 Å². The van der Waals surface area contributed by atoms with Gasteiger partial charge in [-0.1, -0.05) is 0 Å². The van der Waals surface area contributed by atoms with Gasteiger partial charge >= 0.3 is 5.97 Å². The van der Waals surface area contributed by atoms with E-state index in [9.17, 15) is 23.2 Å². The van der Waals surface area contributed by atoms with E-state index < -0.39 is 36.9 Å². The molecule has 0 aromatic heterocycles. The van der Waals surface area contributed by atoms with E-state index in [4.69, 9.17) is 10.8 Å². The lowest BCUT2D eigenvalue weighted by molar-refractivity contribution is -0.138. The molecule has 3 N–H and O–H groups in total. The van der Waals surface area contributed by atoms with Crippen molar-refractivity contribution in [3.05, 3.63) is 34.9 Å². The first-order valence-corrected chi connectivity index (χ1v) is 5.69. The van der Waals surface area contributed by atoms with Crippen LogP contribution in [0, 0.1) is 0 Å². The van der Waals surface area contributed by atoms with Crippen molar-refractivity contribution in [2.75, 3.05) is 13.3 Å². The number of Topliss-reactive ketones (excluding diaryl/α,β-unsaturated/α-hetero) is 2. The van der Waals surface area contributed by atoms with E-state index in [-0.39, 0.29) is 23.1 Å². The molecule has 0 saturated heterocycles. The minimum atomic E-state index is -1.27. The molecule has 1 rings (SSSR count). The lowest BCUT2D eigenvalue weighted by Crippen LogP contribution is -2.32. The van der Waals surface area contributed by atoms with Crippen molar-refractivity contribution < 1.29 is 28.3 Å². The summed E-state index contributed by atoms with van der Waals surface area (Å²) in [6, 6.07) is 2.35. The highest BCUT2D eigenvalue weighted by atomic mass is 19.1. The van der Waals surface area contributed by atoms with Gasteiger partial charge in [-0.15, -0.1) is 0 Å². The smallest absolute Gasteiger partial charge is 0.320 e. The average molecular weight is 285 g/mol. The molecule has 0 aliphatic rings. The minimum Gasteiger partial charge on any atom is -0.480 e. The van der Waals surface area contributed by atoms with Crippen LogP contribution in [0.3, 0.4) is 0 Å². The first-order chi connectivity index (χ1) is 9.38. The van der Waals surface area contributed by atoms with Gasteiger partial charge in [0.1, 0.15) is 6.04 Å². The number of benzene rings is 1. The quantitative estimate of drug-likeness (QED) is 0.727. The number of halogens is 2. The second-order valence-corrected chi connectivity index (χ2v) is 4.18. The normalized spacial score (nSPS) is 11.9. The summed E-state index contributed by atoms with van der Waals surface area (Å²) in [5.74, 6) is -3.00. The summed E-state index contributed by atoms with van der Waals surface area (Å²) in [5.41, 5.74) is 5.39. The minimum absolute atomic E-state index is 0.112. The molecule has 0 fully saturated rings. The molecule has 20 heavy (non-hydrogen) atoms. The monoisotopic (exact) mass is 285 g/mol. The van der Waals surface area contributed by atoms with Crippen LogP contribution < -0.4 is 5.73 Å². The highest BCUT2D eigenvalue weighted by Crippen LogP contribution is 2.14. The molecule has 0 spiro atoms. The molecule has 5 nitrogen and oxygen atoms in total. The van der Waals surface area contributed by atoms with Gasteiger partial charge in [0.2, 0.25) is 0 Å². The maximum Gasteiger partial charge on any atom is 0.320 e. The molecule has 0 saturated carbocycles. The van der Waals surface area contributed by atoms with Gasteiger partial charge < -0.3 is 10.8 Å². The third kappa shape index (κ3) is 3.92. The molecule has 0 aliphatic carbocycles. The third-order valence-electron chi connectivity index (χ3n) is 2.65. The summed E-state index contributed by atoms with van der Waals surface area (Å²) in [6.07, 6.45) is -0.157. The van der Waals surface area contributed by atoms with Crippen LogP contribution in [0.4, 0.5) is 8.78 Å². The highest BCUT2D eigenvalue weighted by molar-refractivity contribution is 6.02. The summed E-state index contributed by atoms with van der Waals surface area (Å²) in [4.78, 5) is 33.3. The van der Waals surface area contributed by atoms with E-state index in [0.717, 1.165) is 6.07 Å². The lowest BCUT2D eigenvalue weighted by Gasteiger charge is -2.10. The number of hydrogen-bond donors (Lipinski definition) is 2. The summed E-state index contributed by atoms with van der Waals surface area (Å²) >= 11 is 0. The number of carboxylic acid groups (broad SMARTS) is 1. The Balaban J connectivity index is 3.19. The summed E-state index contributed by atoms with van der Waals surface area (Å²) in [6.45, 7) is -2.53. The number of hydrogen-bond acceptors (Lipinski definition) is 4. The van der Waals surface area contributed by atoms with Crippen molar-refractivity contribution in [3.63, 3.8) is 0 Å². The molecule has 0 heterocycles. The Hall–Kier alpha value is -2.15. The maximum absolute atomic E-state index is 12.4. The van der Waals surface area contributed by atoms with Gasteiger partial charge in [0.05, 0.1) is 0 Å². The standard InChI is InChI=1S/C13H13F2NO4/c14-5-11(17)8-1-7(3-10(16)13(19)20)2-9(4-8)12(18)6-15/h1-2,4,10H,3,5-6,16H2,(H,19,20). The molecule has 0 bridgehead atoms. The second-order valence-electron chi connectivity index (χ2n) is 4.18. The molecule has 1 aromatic carbocycles. The van der Waals surface area contributed by atoms with Crippen LogP contribution in [0.5, 0.6) is 0 Å². The van der Waals surface area contributed by atoms with Crippen molar-refractivity contribution >= 4 is 17.5 Å². The maximum atomic E-state index is 12.4. The molecular formula is C13H13F2NO4. The van der Waals surface area contributed by atoms with E-state index in [1.165, 1.54) is 12.1 Å². The van der Waals surface area contributed by atoms with Crippen molar-refractivity contribution in [2.45, 2.75) is 12.5 Å². The van der Waals surface area contributed by atoms with Crippen LogP contribution in [0.15, 0.2) is 18.2 Å². The predicted molar refractivity (Wildman–Crippen MR) is 66.4 cm³/mol. The van der Waals surface area contributed by atoms with Gasteiger partial charge in [-0.2, -0.15) is 0 Å². The summed E-state index contributed by atoms with van der Waals surface area (Å²) in [5, 5.41) is 8.71. The average Bonchev–Trinajstić information content (AvgIpc) is 2.44. The van der Waals surface area contributed by atoms with Gasteiger partial charge in [0.25, 0.3) is 0 Å². The molecule has 0 aliphatic heterocycles. The van der Waals surface area contributed by atoms with E-state index in [1.54, 1.807) is 0 Å². The van der Waals surface area contributed by atoms with E-state index in [1.807, 2.05) is 0 Å². The fourth-order valence-corrected chi connectivity index (χ4v) is 1.63. The van der Waals surface area contributed by atoms with Gasteiger partial charge in [-0.3, -0.25) is 14.4 Å². The number of ketones is 2. The SMILES string of the molecule is NC(Cc1cc(C(=O)CF)cc(C(=O)CF)c1)C(=O)O. The Morgan fingerprint density at radius 1 is 1.05 bits per heavy atom. The van der Waals surface area contributed by atoms with Crippen LogP contribution in [0.25, 0.3) is 0 Å². The van der Waals surface area contributed by atoms with E-state index in [0.29, 0.717) is 0 Å². The van der Waals surface area contributed by atoms with Crippen molar-refractivity contribution in [2.24, 2.45) is 5.73 Å². The number of aliphatic carboxylic acids is 1. The molecule has 1 aromatic rings. The largest absolute Gasteiger partial charge is 0.480 e. The first kappa shape index (κ1) is 15.9. The van der Waals surface area contributed by atoms with Gasteiger partial charge in [-0.25, -0.2) is 8.78 Å². The predicted octanol–water partition coefficient (Wildman–Crippen LogP) is 0.945. The van der Waals surface area contributed by atoms with Crippen LogP contribution in [0.2, 0.25) is 0 Å². The lowest BCUT2D eigenvalue weighted by atomic mass is 9.97. The Labute approximate surface area is 113 Å². The number of carbonyl (C=O) groups excluding carboxylic acids is 2. The molecule has 7 heteroatoms. The number of alkyl halides is 2. The zero-order chi connectivity index (χ0) is 15.3. The van der Waals surface area contributed by atoms with Crippen molar-refractivity contribution in [1.29, 1.82) is 0 Å². The topological polar surface area (TPSA) is 97.5 Å². The van der Waals surface area contributed by atoms with Crippen molar-refractivity contribution in [1.82, 2.24) is 0 Å². The van der Waals surface area contributed by atoms with Crippen molar-refractivity contribution in [3.8, 4) is 0 Å². The summed E-state index contributed by atoms with van der Waals surface area (Å²) in [7, 11) is 0. The third-order valence-corrected chi connectivity index (χ3v) is 2.65. The van der Waals surface area contributed by atoms with Crippen LogP contribution in [-0.2, 0) is 11.2 Å². The molecule has 1 atom stereocenters. The summed E-state index contributed by atoms with van der Waals surface area (Å²) < 4.78 is 24.8. The Bertz CT molecular complexity index is 511. The number of rotatable bonds is 7. The number of carboxylic acids is 1. The zero-order valence-electron chi connectivity index (χ0n) is 10.4. The Morgan fingerprint density at radius 3 is 1.85 bits per heavy atom. The molecular weight excluding hydrogens is 272 g/mol. The molecule has 1 unspecified atom stereocenters. The van der Waals surface area contributed by atoms with Gasteiger partial charge in [-0.05, 0) is 30.2 Å². The molecule has 108 valence electrons. The number of nitrogens with two attached hydrogens (primary N) is 1. The highest BCUT2D eigenvalue weighted by Gasteiger charge is 2.17. The van der Waals surface area contributed by atoms with Crippen LogP contribution >= 0.6 is 0 Å². The van der Waals surface area contributed by atoms with E-state index >= 15 is 0 Å². The Kier molecular flexibility index (Phi) is 5.45. The molecule has 0 radical (unpaired) electrons. The first-order valence-electron chi connectivity index (χ1n) is 5.69. The zero-order valence-corrected chi connectivity index (χ0v) is 10.4. The molecule has 0 amide bonds. The fraction of sp³-hybridized carbons (Fsp3) is 0.308. The van der Waals surface area contributed by atoms with Crippen LogP contribution in [0.1, 0.15) is 26.3 Å². The second kappa shape index (κ2) is 6.85. The van der Waals surface area contributed by atoms with Gasteiger partial charge in [0.15, 0.2) is 24.9 Å². The van der Waals surface area contributed by atoms with Crippen LogP contribution in [-0.4, -0.2) is 42.0 Å². The Morgan fingerprint density at radius 2 is 1.50 bits per heavy atom.